The van der Waals surface area contributed by atoms with E-state index in [9.17, 15) is 9.59 Å². The summed E-state index contributed by atoms with van der Waals surface area (Å²) < 4.78 is 6.87. The molecule has 0 spiro atoms. The fraction of sp³-hybridized carbons (Fsp3) is 0.346. The van der Waals surface area contributed by atoms with Gasteiger partial charge in [-0.25, -0.2) is 9.48 Å². The zero-order chi connectivity index (χ0) is 23.3. The second kappa shape index (κ2) is 10.3. The molecule has 0 radical (unpaired) electrons. The van der Waals surface area contributed by atoms with Gasteiger partial charge in [-0.1, -0.05) is 38.1 Å². The van der Waals surface area contributed by atoms with Gasteiger partial charge in [0.2, 0.25) is 0 Å². The van der Waals surface area contributed by atoms with Gasteiger partial charge in [-0.05, 0) is 69.0 Å². The van der Waals surface area contributed by atoms with Crippen molar-refractivity contribution >= 4 is 11.9 Å². The molecule has 1 amide bonds. The molecule has 3 aromatic rings. The van der Waals surface area contributed by atoms with Crippen LogP contribution >= 0.6 is 0 Å². The van der Waals surface area contributed by atoms with Crippen LogP contribution in [0.25, 0.3) is 16.9 Å². The molecule has 0 saturated heterocycles. The number of esters is 1. The maximum Gasteiger partial charge on any atom is 0.358 e. The third-order valence-corrected chi connectivity index (χ3v) is 5.19. The standard InChI is InChI=1S/C26H31N3O3/c1-6-32-26(31)23-16-24(22-10-8-7-9-18(22)4)29(28-23)21-13-11-20(12-14-21)25(30)27-19(5)15-17(2)3/h7-14,16-17,19H,6,15H2,1-5H3,(H,27,30)/t19-/m1/s1. The first kappa shape index (κ1) is 23.3. The first-order valence-corrected chi connectivity index (χ1v) is 11.0. The fourth-order valence-electron chi connectivity index (χ4n) is 3.76. The molecular weight excluding hydrogens is 402 g/mol. The Bertz CT molecular complexity index is 1080. The predicted octanol–water partition coefficient (Wildman–Crippen LogP) is 5.19. The molecule has 0 saturated carbocycles. The van der Waals surface area contributed by atoms with Crippen molar-refractivity contribution < 1.29 is 14.3 Å². The predicted molar refractivity (Wildman–Crippen MR) is 126 cm³/mol. The number of benzene rings is 2. The normalized spacial score (nSPS) is 11.9. The van der Waals surface area contributed by atoms with Gasteiger partial charge in [0.1, 0.15) is 0 Å². The number of rotatable bonds is 8. The molecular formula is C26H31N3O3. The van der Waals surface area contributed by atoms with Gasteiger partial charge in [-0.2, -0.15) is 5.10 Å². The van der Waals surface area contributed by atoms with Crippen molar-refractivity contribution in [2.45, 2.75) is 47.1 Å². The van der Waals surface area contributed by atoms with Crippen molar-refractivity contribution in [1.29, 1.82) is 0 Å². The van der Waals surface area contributed by atoms with E-state index < -0.39 is 5.97 Å². The second-order valence-corrected chi connectivity index (χ2v) is 8.41. The molecule has 1 heterocycles. The molecule has 6 heteroatoms. The largest absolute Gasteiger partial charge is 0.461 e. The van der Waals surface area contributed by atoms with Crippen molar-refractivity contribution in [2.75, 3.05) is 6.61 Å². The molecule has 0 aliphatic carbocycles. The lowest BCUT2D eigenvalue weighted by Gasteiger charge is -2.16. The van der Waals surface area contributed by atoms with E-state index in [4.69, 9.17) is 4.74 Å². The van der Waals surface area contributed by atoms with Crippen LogP contribution in [0.5, 0.6) is 0 Å². The fourth-order valence-corrected chi connectivity index (χ4v) is 3.76. The number of ether oxygens (including phenoxy) is 1. The molecule has 6 nitrogen and oxygen atoms in total. The Morgan fingerprint density at radius 2 is 1.75 bits per heavy atom. The zero-order valence-electron chi connectivity index (χ0n) is 19.4. The summed E-state index contributed by atoms with van der Waals surface area (Å²) in [4.78, 5) is 24.9. The van der Waals surface area contributed by atoms with Crippen LogP contribution in [0.3, 0.4) is 0 Å². The van der Waals surface area contributed by atoms with E-state index in [2.05, 4.69) is 24.3 Å². The number of nitrogens with zero attached hydrogens (tertiary/aromatic N) is 2. The summed E-state index contributed by atoms with van der Waals surface area (Å²) in [6.45, 7) is 10.4. The van der Waals surface area contributed by atoms with Gasteiger partial charge in [-0.15, -0.1) is 0 Å². The van der Waals surface area contributed by atoms with Gasteiger partial charge in [0, 0.05) is 17.2 Å². The van der Waals surface area contributed by atoms with Gasteiger partial charge in [-0.3, -0.25) is 4.79 Å². The minimum atomic E-state index is -0.462. The number of hydrogen-bond acceptors (Lipinski definition) is 4. The number of carbonyl (C=O) groups excluding carboxylic acids is 2. The van der Waals surface area contributed by atoms with E-state index in [0.717, 1.165) is 28.9 Å². The Labute approximate surface area is 189 Å². The highest BCUT2D eigenvalue weighted by Gasteiger charge is 2.19. The number of amides is 1. The molecule has 0 aliphatic heterocycles. The maximum absolute atomic E-state index is 12.6. The third-order valence-electron chi connectivity index (χ3n) is 5.19. The van der Waals surface area contributed by atoms with Gasteiger partial charge < -0.3 is 10.1 Å². The quantitative estimate of drug-likeness (QED) is 0.496. The Hall–Kier alpha value is -3.41. The Morgan fingerprint density at radius 1 is 1.06 bits per heavy atom. The van der Waals surface area contributed by atoms with Crippen LogP contribution in [-0.2, 0) is 4.74 Å². The van der Waals surface area contributed by atoms with Crippen molar-refractivity contribution in [2.24, 2.45) is 5.92 Å². The molecule has 1 aromatic heterocycles. The Kier molecular flexibility index (Phi) is 7.46. The van der Waals surface area contributed by atoms with Crippen molar-refractivity contribution in [3.8, 4) is 16.9 Å². The molecule has 1 N–H and O–H groups in total. The number of hydrogen-bond donors (Lipinski definition) is 1. The minimum absolute atomic E-state index is 0.100. The molecule has 2 aromatic carbocycles. The van der Waals surface area contributed by atoms with Gasteiger partial charge in [0.25, 0.3) is 5.91 Å². The minimum Gasteiger partial charge on any atom is -0.461 e. The summed E-state index contributed by atoms with van der Waals surface area (Å²) in [6, 6.07) is 17.0. The zero-order valence-corrected chi connectivity index (χ0v) is 19.4. The lowest BCUT2D eigenvalue weighted by Crippen LogP contribution is -2.33. The van der Waals surface area contributed by atoms with E-state index in [1.807, 2.05) is 50.2 Å². The van der Waals surface area contributed by atoms with Gasteiger partial charge in [0.15, 0.2) is 5.69 Å². The summed E-state index contributed by atoms with van der Waals surface area (Å²) in [6.07, 6.45) is 0.924. The first-order chi connectivity index (χ1) is 15.3. The van der Waals surface area contributed by atoms with Crippen LogP contribution in [0.1, 0.15) is 60.5 Å². The number of nitrogens with one attached hydrogen (secondary N) is 1. The summed E-state index contributed by atoms with van der Waals surface area (Å²) in [7, 11) is 0. The van der Waals surface area contributed by atoms with E-state index >= 15 is 0 Å². The summed E-state index contributed by atoms with van der Waals surface area (Å²) >= 11 is 0. The van der Waals surface area contributed by atoms with Crippen LogP contribution in [0, 0.1) is 12.8 Å². The smallest absolute Gasteiger partial charge is 0.358 e. The second-order valence-electron chi connectivity index (χ2n) is 8.41. The molecule has 3 rings (SSSR count). The van der Waals surface area contributed by atoms with Crippen LogP contribution in [0.15, 0.2) is 54.6 Å². The van der Waals surface area contributed by atoms with Gasteiger partial charge >= 0.3 is 5.97 Å². The molecule has 1 atom stereocenters. The number of aryl methyl sites for hydroxylation is 1. The van der Waals surface area contributed by atoms with Crippen molar-refractivity contribution in [1.82, 2.24) is 15.1 Å². The van der Waals surface area contributed by atoms with E-state index in [1.54, 1.807) is 29.8 Å². The first-order valence-electron chi connectivity index (χ1n) is 11.0. The summed E-state index contributed by atoms with van der Waals surface area (Å²) in [5.74, 6) is -0.0475. The lowest BCUT2D eigenvalue weighted by atomic mass is 10.0. The van der Waals surface area contributed by atoms with E-state index in [-0.39, 0.29) is 24.2 Å². The molecule has 32 heavy (non-hydrogen) atoms. The van der Waals surface area contributed by atoms with E-state index in [0.29, 0.717) is 11.5 Å². The number of carbonyl (C=O) groups is 2. The summed E-state index contributed by atoms with van der Waals surface area (Å²) in [5.41, 5.74) is 4.41. The highest BCUT2D eigenvalue weighted by molar-refractivity contribution is 5.94. The van der Waals surface area contributed by atoms with Crippen LogP contribution < -0.4 is 5.32 Å². The highest BCUT2D eigenvalue weighted by Crippen LogP contribution is 2.27. The average Bonchev–Trinajstić information content (AvgIpc) is 3.19. The van der Waals surface area contributed by atoms with Crippen molar-refractivity contribution in [3.05, 3.63) is 71.4 Å². The molecule has 0 bridgehead atoms. The Morgan fingerprint density at radius 3 is 2.38 bits per heavy atom. The van der Waals surface area contributed by atoms with Crippen LogP contribution in [0.2, 0.25) is 0 Å². The molecule has 0 fully saturated rings. The van der Waals surface area contributed by atoms with Crippen LogP contribution in [-0.4, -0.2) is 34.3 Å². The summed E-state index contributed by atoms with van der Waals surface area (Å²) in [5, 5.41) is 7.56. The van der Waals surface area contributed by atoms with Crippen LogP contribution in [0.4, 0.5) is 0 Å². The van der Waals surface area contributed by atoms with Crippen molar-refractivity contribution in [3.63, 3.8) is 0 Å². The molecule has 0 unspecified atom stereocenters. The SMILES string of the molecule is CCOC(=O)c1cc(-c2ccccc2C)n(-c2ccc(C(=O)N[C@H](C)CC(C)C)cc2)n1. The monoisotopic (exact) mass is 433 g/mol. The lowest BCUT2D eigenvalue weighted by molar-refractivity contribution is 0.0518. The number of aromatic nitrogens is 2. The molecule has 168 valence electrons. The third kappa shape index (κ3) is 5.44. The Balaban J connectivity index is 1.93. The average molecular weight is 434 g/mol. The van der Waals surface area contributed by atoms with Gasteiger partial charge in [0.05, 0.1) is 18.0 Å². The van der Waals surface area contributed by atoms with E-state index in [1.165, 1.54) is 0 Å². The molecule has 0 aliphatic rings. The highest BCUT2D eigenvalue weighted by atomic mass is 16.5. The maximum atomic E-state index is 12.6. The topological polar surface area (TPSA) is 73.2 Å².